The van der Waals surface area contributed by atoms with Crippen LogP contribution in [0.3, 0.4) is 0 Å². The van der Waals surface area contributed by atoms with Crippen molar-refractivity contribution in [1.82, 2.24) is 4.31 Å². The number of nitro groups is 1. The number of hydrogen-bond donors (Lipinski definition) is 1. The van der Waals surface area contributed by atoms with Crippen molar-refractivity contribution in [3.8, 4) is 0 Å². The summed E-state index contributed by atoms with van der Waals surface area (Å²) in [7, 11) is -4.29. The highest BCUT2D eigenvalue weighted by Crippen LogP contribution is 2.48. The van der Waals surface area contributed by atoms with Crippen LogP contribution < -0.4 is 0 Å². The lowest BCUT2D eigenvalue weighted by Crippen LogP contribution is -2.59. The van der Waals surface area contributed by atoms with E-state index in [1.54, 1.807) is 73.7 Å². The molecule has 4 rings (SSSR count). The molecule has 1 heterocycles. The summed E-state index contributed by atoms with van der Waals surface area (Å²) in [5.41, 5.74) is 1.88. The quantitative estimate of drug-likeness (QED) is 0.401. The Hall–Kier alpha value is -2.78. The van der Waals surface area contributed by atoms with Gasteiger partial charge in [0.25, 0.3) is 0 Å². The summed E-state index contributed by atoms with van der Waals surface area (Å²) >= 11 is 6.18. The van der Waals surface area contributed by atoms with E-state index in [9.17, 15) is 23.6 Å². The van der Waals surface area contributed by atoms with Gasteiger partial charge in [-0.15, -0.1) is 0 Å². The van der Waals surface area contributed by atoms with Gasteiger partial charge in [-0.3, -0.25) is 10.1 Å². The van der Waals surface area contributed by atoms with Crippen LogP contribution in [0.4, 0.5) is 0 Å². The molecule has 1 saturated heterocycles. The average Bonchev–Trinajstić information content (AvgIpc) is 2.80. The maximum atomic E-state index is 13.8. The van der Waals surface area contributed by atoms with Crippen LogP contribution in [0.1, 0.15) is 35.6 Å². The molecular weight excluding hydrogens is 476 g/mol. The predicted octanol–water partition coefficient (Wildman–Crippen LogP) is 4.78. The van der Waals surface area contributed by atoms with Crippen molar-refractivity contribution in [2.75, 3.05) is 0 Å². The molecule has 1 fully saturated rings. The van der Waals surface area contributed by atoms with E-state index in [1.807, 2.05) is 6.92 Å². The van der Waals surface area contributed by atoms with Crippen LogP contribution in [-0.2, 0) is 10.0 Å². The van der Waals surface area contributed by atoms with Gasteiger partial charge >= 0.3 is 0 Å². The molecule has 1 N–H and O–H groups in total. The zero-order valence-corrected chi connectivity index (χ0v) is 20.2. The molecule has 7 nitrogen and oxygen atoms in total. The van der Waals surface area contributed by atoms with Crippen LogP contribution in [-0.4, -0.2) is 35.0 Å². The van der Waals surface area contributed by atoms with E-state index in [2.05, 4.69) is 0 Å². The van der Waals surface area contributed by atoms with Crippen LogP contribution in [0.2, 0.25) is 5.02 Å². The molecule has 5 atom stereocenters. The molecule has 1 aliphatic heterocycles. The third kappa shape index (κ3) is 4.34. The van der Waals surface area contributed by atoms with Gasteiger partial charge in [-0.25, -0.2) is 8.42 Å². The number of sulfonamides is 1. The molecule has 1 aliphatic rings. The minimum atomic E-state index is -4.29. The van der Waals surface area contributed by atoms with Gasteiger partial charge in [0.15, 0.2) is 0 Å². The van der Waals surface area contributed by atoms with Gasteiger partial charge in [0.1, 0.15) is 12.3 Å². The fourth-order valence-corrected chi connectivity index (χ4v) is 6.76. The molecule has 0 amide bonds. The number of piperidine rings is 1. The summed E-state index contributed by atoms with van der Waals surface area (Å²) in [6.45, 7) is 3.46. The van der Waals surface area contributed by atoms with Gasteiger partial charge in [-0.05, 0) is 42.3 Å². The Labute approximate surface area is 203 Å². The Morgan fingerprint density at radius 3 is 2.18 bits per heavy atom. The van der Waals surface area contributed by atoms with Crippen molar-refractivity contribution in [1.29, 1.82) is 0 Å². The van der Waals surface area contributed by atoms with Crippen molar-refractivity contribution in [3.63, 3.8) is 0 Å². The van der Waals surface area contributed by atoms with Gasteiger partial charge in [-0.2, -0.15) is 4.31 Å². The van der Waals surface area contributed by atoms with E-state index in [-0.39, 0.29) is 4.90 Å². The maximum absolute atomic E-state index is 13.8. The van der Waals surface area contributed by atoms with Gasteiger partial charge < -0.3 is 5.11 Å². The first kappa shape index (κ1) is 24.3. The van der Waals surface area contributed by atoms with E-state index < -0.39 is 45.1 Å². The second-order valence-electron chi connectivity index (χ2n) is 8.63. The number of aryl methyl sites for hydroxylation is 1. The SMILES string of the molecule is Cc1ccc(S(=O)(=O)N2C(O)[C@H](C)[C@@H](c3cccc(Cl)c3)[C@H]([N+](=O)[O-])[C@H]2c2ccccc2)cc1. The Bertz CT molecular complexity index is 1280. The monoisotopic (exact) mass is 500 g/mol. The third-order valence-electron chi connectivity index (χ3n) is 6.48. The van der Waals surface area contributed by atoms with Crippen molar-refractivity contribution >= 4 is 21.6 Å². The first-order chi connectivity index (χ1) is 16.1. The summed E-state index contributed by atoms with van der Waals surface area (Å²) < 4.78 is 28.6. The minimum absolute atomic E-state index is 0.0337. The summed E-state index contributed by atoms with van der Waals surface area (Å²) in [6.07, 6.45) is -1.50. The van der Waals surface area contributed by atoms with Crippen molar-refractivity contribution in [2.24, 2.45) is 5.92 Å². The number of rotatable bonds is 5. The lowest BCUT2D eigenvalue weighted by atomic mass is 9.73. The predicted molar refractivity (Wildman–Crippen MR) is 130 cm³/mol. The lowest BCUT2D eigenvalue weighted by Gasteiger charge is -2.46. The molecule has 0 saturated carbocycles. The average molecular weight is 501 g/mol. The van der Waals surface area contributed by atoms with Crippen molar-refractivity contribution < 1.29 is 18.4 Å². The van der Waals surface area contributed by atoms with Gasteiger partial charge in [0.05, 0.1) is 10.8 Å². The summed E-state index contributed by atoms with van der Waals surface area (Å²) in [6, 6.07) is 18.8. The number of hydrogen-bond acceptors (Lipinski definition) is 5. The summed E-state index contributed by atoms with van der Waals surface area (Å²) in [4.78, 5) is 12.1. The van der Waals surface area contributed by atoms with Crippen molar-refractivity contribution in [2.45, 2.75) is 43.0 Å². The van der Waals surface area contributed by atoms with E-state index in [0.29, 0.717) is 16.1 Å². The summed E-state index contributed by atoms with van der Waals surface area (Å²) in [5, 5.41) is 24.4. The first-order valence-corrected chi connectivity index (χ1v) is 12.7. The van der Waals surface area contributed by atoms with E-state index >= 15 is 0 Å². The van der Waals surface area contributed by atoms with Crippen LogP contribution >= 0.6 is 11.6 Å². The molecule has 34 heavy (non-hydrogen) atoms. The first-order valence-electron chi connectivity index (χ1n) is 10.8. The number of benzene rings is 3. The standard InChI is InChI=1S/C25H25ClN2O5S/c1-16-11-13-21(14-12-16)34(32,33)27-23(18-7-4-3-5-8-18)24(28(30)31)22(17(2)25(27)29)19-9-6-10-20(26)15-19/h3-15,17,22-25,29H,1-2H3/t17-,22+,23-,24+,25?/m1/s1. The lowest BCUT2D eigenvalue weighted by molar-refractivity contribution is -0.542. The van der Waals surface area contributed by atoms with Crippen LogP contribution in [0.15, 0.2) is 83.8 Å². The Morgan fingerprint density at radius 1 is 0.971 bits per heavy atom. The molecule has 1 unspecified atom stereocenters. The van der Waals surface area contributed by atoms with Crippen LogP contribution in [0.25, 0.3) is 0 Å². The highest BCUT2D eigenvalue weighted by molar-refractivity contribution is 7.89. The summed E-state index contributed by atoms with van der Waals surface area (Å²) in [5.74, 6) is -1.56. The van der Waals surface area contributed by atoms with E-state index in [0.717, 1.165) is 9.87 Å². The number of halogens is 1. The van der Waals surface area contributed by atoms with Crippen LogP contribution in [0.5, 0.6) is 0 Å². The van der Waals surface area contributed by atoms with E-state index in [4.69, 9.17) is 11.6 Å². The Kier molecular flexibility index (Phi) is 6.78. The zero-order valence-electron chi connectivity index (χ0n) is 18.7. The van der Waals surface area contributed by atoms with Gasteiger partial charge in [-0.1, -0.05) is 78.7 Å². The highest BCUT2D eigenvalue weighted by atomic mass is 35.5. The van der Waals surface area contributed by atoms with Gasteiger partial charge in [0.2, 0.25) is 16.1 Å². The fraction of sp³-hybridized carbons (Fsp3) is 0.280. The molecule has 0 aliphatic carbocycles. The number of aliphatic hydroxyl groups is 1. The molecule has 178 valence electrons. The topological polar surface area (TPSA) is 101 Å². The van der Waals surface area contributed by atoms with E-state index in [1.165, 1.54) is 12.1 Å². The van der Waals surface area contributed by atoms with Crippen LogP contribution in [0, 0.1) is 23.0 Å². The van der Waals surface area contributed by atoms with Gasteiger partial charge in [0, 0.05) is 15.9 Å². The minimum Gasteiger partial charge on any atom is -0.377 e. The molecule has 0 spiro atoms. The molecule has 0 radical (unpaired) electrons. The molecule has 3 aromatic rings. The highest BCUT2D eigenvalue weighted by Gasteiger charge is 2.58. The molecule has 0 aromatic heterocycles. The maximum Gasteiger partial charge on any atom is 0.246 e. The third-order valence-corrected chi connectivity index (χ3v) is 8.58. The largest absolute Gasteiger partial charge is 0.377 e. The number of nitrogens with zero attached hydrogens (tertiary/aromatic N) is 2. The second-order valence-corrected chi connectivity index (χ2v) is 10.9. The Morgan fingerprint density at radius 2 is 1.59 bits per heavy atom. The molecule has 9 heteroatoms. The normalized spacial score (nSPS) is 25.7. The fourth-order valence-electron chi connectivity index (χ4n) is 4.82. The Balaban J connectivity index is 1.95. The van der Waals surface area contributed by atoms with Crippen molar-refractivity contribution in [3.05, 3.63) is 111 Å². The second kappa shape index (κ2) is 9.46. The molecule has 0 bridgehead atoms. The smallest absolute Gasteiger partial charge is 0.246 e. The number of aliphatic hydroxyl groups excluding tert-OH is 1. The molecule has 3 aromatic carbocycles. The zero-order chi connectivity index (χ0) is 24.6. The molecular formula is C25H25ClN2O5S.